The highest BCUT2D eigenvalue weighted by atomic mass is 19.1. The van der Waals surface area contributed by atoms with Gasteiger partial charge in [-0.05, 0) is 30.2 Å². The molecule has 2 aromatic carbocycles. The van der Waals surface area contributed by atoms with Crippen molar-refractivity contribution in [2.24, 2.45) is 0 Å². The van der Waals surface area contributed by atoms with Gasteiger partial charge in [0.2, 0.25) is 18.1 Å². The monoisotopic (exact) mass is 405 g/mol. The molecule has 0 aliphatic carbocycles. The molecule has 1 heterocycles. The lowest BCUT2D eigenvalue weighted by molar-refractivity contribution is -0.151. The first-order valence-corrected chi connectivity index (χ1v) is 8.83. The van der Waals surface area contributed by atoms with Crippen molar-refractivity contribution in [3.05, 3.63) is 70.8 Å². The molecular formula is C20H18F3N3O3. The Morgan fingerprint density at radius 2 is 1.83 bits per heavy atom. The van der Waals surface area contributed by atoms with Crippen LogP contribution in [-0.4, -0.2) is 28.8 Å². The highest BCUT2D eigenvalue weighted by Gasteiger charge is 2.34. The third kappa shape index (κ3) is 4.74. The lowest BCUT2D eigenvalue weighted by atomic mass is 9.99. The summed E-state index contributed by atoms with van der Waals surface area (Å²) in [7, 11) is 0. The van der Waals surface area contributed by atoms with Crippen LogP contribution in [0.15, 0.2) is 42.5 Å². The predicted molar refractivity (Wildman–Crippen MR) is 96.7 cm³/mol. The molecule has 6 nitrogen and oxygen atoms in total. The van der Waals surface area contributed by atoms with Gasteiger partial charge in [0.25, 0.3) is 5.91 Å². The van der Waals surface area contributed by atoms with E-state index in [1.165, 1.54) is 13.0 Å². The molecule has 1 unspecified atom stereocenters. The van der Waals surface area contributed by atoms with E-state index in [1.54, 1.807) is 18.2 Å². The summed E-state index contributed by atoms with van der Waals surface area (Å²) in [6.45, 7) is 1.34. The number of hydrazine groups is 1. The number of halogens is 3. The fraction of sp³-hybridized carbons (Fsp3) is 0.250. The molecule has 9 heteroatoms. The van der Waals surface area contributed by atoms with Crippen molar-refractivity contribution in [1.29, 1.82) is 0 Å². The second-order valence-electron chi connectivity index (χ2n) is 6.69. The number of amides is 3. The van der Waals surface area contributed by atoms with E-state index in [0.29, 0.717) is 16.6 Å². The highest BCUT2D eigenvalue weighted by molar-refractivity contribution is 5.90. The Labute approximate surface area is 164 Å². The molecule has 0 aromatic heterocycles. The van der Waals surface area contributed by atoms with Crippen LogP contribution in [0.25, 0.3) is 0 Å². The molecule has 29 heavy (non-hydrogen) atoms. The minimum Gasteiger partial charge on any atom is -0.344 e. The summed E-state index contributed by atoms with van der Waals surface area (Å²) in [5, 5.41) is 2.94. The number of fused-ring (bicyclic) bond motifs is 1. The summed E-state index contributed by atoms with van der Waals surface area (Å²) in [6, 6.07) is 8.05. The summed E-state index contributed by atoms with van der Waals surface area (Å²) in [5.41, 5.74) is 3.09. The summed E-state index contributed by atoms with van der Waals surface area (Å²) in [5.74, 6) is -3.74. The molecule has 0 radical (unpaired) electrons. The Bertz CT molecular complexity index is 947. The first-order valence-electron chi connectivity index (χ1n) is 8.83. The Balaban J connectivity index is 1.60. The van der Waals surface area contributed by atoms with Crippen LogP contribution in [0.3, 0.4) is 0 Å². The quantitative estimate of drug-likeness (QED) is 0.748. The maximum absolute atomic E-state index is 14.7. The van der Waals surface area contributed by atoms with Gasteiger partial charge in [-0.25, -0.2) is 18.2 Å². The largest absolute Gasteiger partial charge is 0.344 e. The van der Waals surface area contributed by atoms with Crippen molar-refractivity contribution in [3.63, 3.8) is 0 Å². The van der Waals surface area contributed by atoms with Gasteiger partial charge >= 0.3 is 0 Å². The molecule has 1 aliphatic heterocycles. The number of hydrogen-bond acceptors (Lipinski definition) is 3. The van der Waals surface area contributed by atoms with E-state index < -0.39 is 41.7 Å². The van der Waals surface area contributed by atoms with Gasteiger partial charge in [-0.3, -0.25) is 19.8 Å². The number of hydrogen-bond donors (Lipinski definition) is 2. The van der Waals surface area contributed by atoms with Crippen molar-refractivity contribution < 1.29 is 27.6 Å². The van der Waals surface area contributed by atoms with Crippen LogP contribution in [0.5, 0.6) is 0 Å². The Hall–Kier alpha value is -3.36. The molecule has 0 fully saturated rings. The molecule has 0 spiro atoms. The van der Waals surface area contributed by atoms with Gasteiger partial charge in [0, 0.05) is 11.6 Å². The van der Waals surface area contributed by atoms with Crippen LogP contribution in [-0.2, 0) is 27.2 Å². The molecule has 0 saturated carbocycles. The van der Waals surface area contributed by atoms with Gasteiger partial charge in [-0.1, -0.05) is 24.3 Å². The van der Waals surface area contributed by atoms with Gasteiger partial charge < -0.3 is 5.32 Å². The smallest absolute Gasteiger partial charge is 0.260 e. The second-order valence-corrected chi connectivity index (χ2v) is 6.69. The molecule has 0 bridgehead atoms. The van der Waals surface area contributed by atoms with Gasteiger partial charge in [-0.2, -0.15) is 0 Å². The second kappa shape index (κ2) is 8.34. The maximum atomic E-state index is 14.7. The van der Waals surface area contributed by atoms with E-state index >= 15 is 0 Å². The maximum Gasteiger partial charge on any atom is 0.260 e. The standard InChI is InChI=1S/C20H18F3N3O3/c1-11(24-17(27)8-12-6-14(21)10-15(22)7-12)20(29)25-26-18(28)9-13-4-2-3-5-16(13)19(26)23/h2-7,10-11,19H,8-9H2,1H3,(H,24,27)(H,25,29)/t11-,19?/m0/s1. The lowest BCUT2D eigenvalue weighted by Crippen LogP contribution is -2.55. The van der Waals surface area contributed by atoms with Crippen molar-refractivity contribution in [2.75, 3.05) is 0 Å². The zero-order valence-electron chi connectivity index (χ0n) is 15.4. The minimum absolute atomic E-state index is 0.0667. The summed E-state index contributed by atoms with van der Waals surface area (Å²) >= 11 is 0. The Kier molecular flexibility index (Phi) is 5.86. The fourth-order valence-corrected chi connectivity index (χ4v) is 3.03. The van der Waals surface area contributed by atoms with Crippen LogP contribution in [0.2, 0.25) is 0 Å². The molecule has 3 amide bonds. The zero-order valence-corrected chi connectivity index (χ0v) is 15.4. The first-order chi connectivity index (χ1) is 13.7. The first kappa shape index (κ1) is 20.4. The van der Waals surface area contributed by atoms with Crippen molar-refractivity contribution in [1.82, 2.24) is 15.8 Å². The number of carbonyl (C=O) groups excluding carboxylic acids is 3. The number of benzene rings is 2. The Morgan fingerprint density at radius 1 is 1.17 bits per heavy atom. The van der Waals surface area contributed by atoms with Crippen LogP contribution >= 0.6 is 0 Å². The number of alkyl halides is 1. The van der Waals surface area contributed by atoms with Crippen LogP contribution < -0.4 is 10.7 Å². The van der Waals surface area contributed by atoms with Crippen LogP contribution in [0, 0.1) is 11.6 Å². The molecule has 2 N–H and O–H groups in total. The van der Waals surface area contributed by atoms with E-state index in [0.717, 1.165) is 12.1 Å². The summed E-state index contributed by atoms with van der Waals surface area (Å²) in [4.78, 5) is 36.5. The summed E-state index contributed by atoms with van der Waals surface area (Å²) < 4.78 is 41.1. The van der Waals surface area contributed by atoms with Crippen LogP contribution in [0.4, 0.5) is 13.2 Å². The molecule has 152 valence electrons. The average Bonchev–Trinajstić information content (AvgIpc) is 2.63. The fourth-order valence-electron chi connectivity index (χ4n) is 3.03. The molecule has 2 atom stereocenters. The molecule has 0 saturated heterocycles. The molecule has 1 aliphatic rings. The van der Waals surface area contributed by atoms with Crippen molar-refractivity contribution in [2.45, 2.75) is 32.1 Å². The van der Waals surface area contributed by atoms with Crippen molar-refractivity contribution in [3.8, 4) is 0 Å². The predicted octanol–water partition coefficient (Wildman–Crippen LogP) is 2.10. The van der Waals surface area contributed by atoms with E-state index in [9.17, 15) is 27.6 Å². The molecular weight excluding hydrogens is 387 g/mol. The van der Waals surface area contributed by atoms with Gasteiger partial charge in [0.15, 0.2) is 0 Å². The topological polar surface area (TPSA) is 78.5 Å². The molecule has 2 aromatic rings. The third-order valence-electron chi connectivity index (χ3n) is 4.44. The van der Waals surface area contributed by atoms with E-state index in [1.807, 2.05) is 0 Å². The minimum atomic E-state index is -1.85. The van der Waals surface area contributed by atoms with E-state index in [4.69, 9.17) is 0 Å². The van der Waals surface area contributed by atoms with Gasteiger partial charge in [0.1, 0.15) is 17.7 Å². The van der Waals surface area contributed by atoms with Crippen LogP contribution in [0.1, 0.15) is 29.9 Å². The number of carbonyl (C=O) groups is 3. The van der Waals surface area contributed by atoms with E-state index in [2.05, 4.69) is 10.7 Å². The third-order valence-corrected chi connectivity index (χ3v) is 4.44. The zero-order chi connectivity index (χ0) is 21.1. The normalized spacial score (nSPS) is 16.8. The number of nitrogens with one attached hydrogen (secondary N) is 2. The number of nitrogens with zero attached hydrogens (tertiary/aromatic N) is 1. The lowest BCUT2D eigenvalue weighted by Gasteiger charge is -2.32. The molecule has 3 rings (SSSR count). The average molecular weight is 405 g/mol. The van der Waals surface area contributed by atoms with Gasteiger partial charge in [0.05, 0.1) is 12.8 Å². The van der Waals surface area contributed by atoms with E-state index in [-0.39, 0.29) is 24.0 Å². The summed E-state index contributed by atoms with van der Waals surface area (Å²) in [6.07, 6.45) is -2.27. The SMILES string of the molecule is C[C@H](NC(=O)Cc1cc(F)cc(F)c1)C(=O)NN1C(=O)Cc2ccccc2C1F. The Morgan fingerprint density at radius 3 is 2.52 bits per heavy atom. The highest BCUT2D eigenvalue weighted by Crippen LogP contribution is 2.29. The van der Waals surface area contributed by atoms with Crippen molar-refractivity contribution >= 4 is 17.7 Å². The van der Waals surface area contributed by atoms with Gasteiger partial charge in [-0.15, -0.1) is 0 Å². The number of rotatable bonds is 5.